The number of carbonyl (C=O) groups excluding carboxylic acids is 1. The summed E-state index contributed by atoms with van der Waals surface area (Å²) in [7, 11) is -3.69. The molecule has 0 fully saturated rings. The van der Waals surface area contributed by atoms with Gasteiger partial charge in [0.2, 0.25) is 10.0 Å². The molecule has 0 aliphatic carbocycles. The third-order valence-electron chi connectivity index (χ3n) is 8.52. The maximum absolute atomic E-state index is 14.3. The first-order valence-corrected chi connectivity index (χ1v) is 24.4. The SMILES string of the molecule is Cn1cnc(-c2cc(Cl)c(F)c(C(=O)CNS(=O)(=O)c3ccccc3F)c2)c1.Cn1cnc(-c2cc(Cl)c(F)c(C(=O)O)c2)c1.NNS(=O)(=O)c1ccccc1F.O=S(=O)(Cl)c1ccccc1F. The number of ketones is 1. The van der Waals surface area contributed by atoms with Crippen molar-refractivity contribution in [3.8, 4) is 22.5 Å². The fourth-order valence-electron chi connectivity index (χ4n) is 5.32. The molecule has 5 N–H and O–H groups in total. The first kappa shape index (κ1) is 54.5. The molecule has 16 nitrogen and oxygen atoms in total. The van der Waals surface area contributed by atoms with Gasteiger partial charge in [0.25, 0.3) is 19.1 Å². The number of aromatic carboxylic acids is 1. The minimum atomic E-state index is -4.29. The zero-order valence-corrected chi connectivity index (χ0v) is 39.3. The summed E-state index contributed by atoms with van der Waals surface area (Å²) in [6.45, 7) is -0.768. The van der Waals surface area contributed by atoms with E-state index in [4.69, 9.17) is 44.8 Å². The largest absolute Gasteiger partial charge is 0.478 e. The summed E-state index contributed by atoms with van der Waals surface area (Å²) in [5.41, 5.74) is 1.01. The van der Waals surface area contributed by atoms with Gasteiger partial charge in [-0.1, -0.05) is 59.6 Å². The Morgan fingerprint density at radius 1 is 0.632 bits per heavy atom. The number of hydrazine groups is 1. The Bertz CT molecular complexity index is 3330. The van der Waals surface area contributed by atoms with Crippen molar-refractivity contribution < 1.29 is 61.9 Å². The average molecular weight is 1070 g/mol. The van der Waals surface area contributed by atoms with E-state index in [0.717, 1.165) is 36.4 Å². The summed E-state index contributed by atoms with van der Waals surface area (Å²) in [6.07, 6.45) is 6.43. The maximum atomic E-state index is 14.3. The summed E-state index contributed by atoms with van der Waals surface area (Å²) in [6, 6.07) is 19.8. The molecule has 0 radical (unpaired) electrons. The van der Waals surface area contributed by atoms with E-state index in [1.165, 1.54) is 71.8 Å². The Kier molecular flexibility index (Phi) is 18.7. The van der Waals surface area contributed by atoms with Gasteiger partial charge in [-0.05, 0) is 60.7 Å². The molecule has 0 unspecified atom stereocenters. The molecule has 7 rings (SSSR count). The van der Waals surface area contributed by atoms with Crippen molar-refractivity contribution in [2.24, 2.45) is 19.9 Å². The number of hydrogen-bond acceptors (Lipinski definition) is 11. The van der Waals surface area contributed by atoms with E-state index in [1.807, 2.05) is 4.72 Å². The van der Waals surface area contributed by atoms with E-state index in [2.05, 4.69) is 9.97 Å². The number of sulfonamides is 2. The quantitative estimate of drug-likeness (QED) is 0.0324. The number of nitrogens with zero attached hydrogens (tertiary/aromatic N) is 4. The van der Waals surface area contributed by atoms with Gasteiger partial charge in [0, 0.05) is 48.3 Å². The standard InChI is InChI=1S/C18H14ClF2N3O3S.C11H8ClFN2O2.C6H4ClFO2S.C6H7FN2O2S/c1-24-9-15(22-10-24)11-6-12(18(21)13(19)7-11)16(25)8-23-28(26,27)17-5-3-2-4-14(17)20;1-15-4-9(14-5-15)6-2-7(11(16)17)10(13)8(12)3-6;7-11(9,10)6-4-2-1-3-5(6)8;7-5-3-1-2-4-6(5)12(10,11)9-8/h2-7,9-10,23H,8H2,1H3;2-5H,1H3,(H,16,17);1-4H;1-4,9H,8H2. The minimum absolute atomic E-state index is 0.231. The number of rotatable bonds is 11. The van der Waals surface area contributed by atoms with Crippen LogP contribution < -0.4 is 15.4 Å². The van der Waals surface area contributed by atoms with Gasteiger partial charge < -0.3 is 14.2 Å². The van der Waals surface area contributed by atoms with Crippen LogP contribution in [0.4, 0.5) is 22.0 Å². The number of Topliss-reactive ketones (excluding diaryl/α,β-unsaturated/α-hetero) is 1. The highest BCUT2D eigenvalue weighted by atomic mass is 35.7. The van der Waals surface area contributed by atoms with Crippen molar-refractivity contribution in [3.63, 3.8) is 0 Å². The second-order valence-corrected chi connectivity index (χ2v) is 20.2. The fourth-order valence-corrected chi connectivity index (χ4v) is 8.45. The van der Waals surface area contributed by atoms with E-state index in [-0.39, 0.29) is 10.0 Å². The lowest BCUT2D eigenvalue weighted by atomic mass is 10.0. The molecule has 0 aliphatic rings. The van der Waals surface area contributed by atoms with Gasteiger partial charge in [-0.15, -0.1) is 4.83 Å². The van der Waals surface area contributed by atoms with Crippen LogP contribution in [-0.2, 0) is 43.2 Å². The minimum Gasteiger partial charge on any atom is -0.478 e. The predicted octanol–water partition coefficient (Wildman–Crippen LogP) is 7.49. The zero-order chi connectivity index (χ0) is 50.7. The van der Waals surface area contributed by atoms with Crippen molar-refractivity contribution >= 4 is 74.7 Å². The lowest BCUT2D eigenvalue weighted by molar-refractivity contribution is 0.0691. The second kappa shape index (κ2) is 23.3. The van der Waals surface area contributed by atoms with E-state index in [0.29, 0.717) is 22.5 Å². The van der Waals surface area contributed by atoms with Gasteiger partial charge in [-0.25, -0.2) is 66.7 Å². The van der Waals surface area contributed by atoms with Crippen molar-refractivity contribution in [1.82, 2.24) is 28.7 Å². The molecule has 0 spiro atoms. The maximum Gasteiger partial charge on any atom is 0.338 e. The molecule has 5 aromatic carbocycles. The number of aromatic nitrogens is 4. The van der Waals surface area contributed by atoms with Crippen LogP contribution in [0.25, 0.3) is 22.5 Å². The topological polar surface area (TPSA) is 243 Å². The van der Waals surface area contributed by atoms with Gasteiger partial charge in [-0.2, -0.15) is 0 Å². The first-order valence-electron chi connectivity index (χ1n) is 18.4. The van der Waals surface area contributed by atoms with Gasteiger partial charge in [0.05, 0.1) is 51.8 Å². The number of halogens is 8. The van der Waals surface area contributed by atoms with E-state index < -0.39 is 102 Å². The van der Waals surface area contributed by atoms with Crippen LogP contribution >= 0.6 is 33.9 Å². The van der Waals surface area contributed by atoms with Crippen LogP contribution in [0.2, 0.25) is 10.0 Å². The Balaban J connectivity index is 0.000000214. The van der Waals surface area contributed by atoms with Crippen molar-refractivity contribution in [1.29, 1.82) is 0 Å². The molecule has 27 heteroatoms. The molecule has 0 saturated carbocycles. The Morgan fingerprint density at radius 2 is 1.01 bits per heavy atom. The highest BCUT2D eigenvalue weighted by molar-refractivity contribution is 8.13. The molecular weight excluding hydrogens is 1030 g/mol. The Labute approximate surface area is 399 Å². The van der Waals surface area contributed by atoms with Crippen molar-refractivity contribution in [2.45, 2.75) is 14.7 Å². The molecule has 0 atom stereocenters. The summed E-state index contributed by atoms with van der Waals surface area (Å²) in [4.78, 5) is 31.4. The predicted molar refractivity (Wildman–Crippen MR) is 240 cm³/mol. The van der Waals surface area contributed by atoms with Crippen LogP contribution in [-0.4, -0.2) is 67.8 Å². The van der Waals surface area contributed by atoms with Crippen LogP contribution in [0, 0.1) is 29.1 Å². The number of carbonyl (C=O) groups is 2. The highest BCUT2D eigenvalue weighted by Crippen LogP contribution is 2.29. The molecule has 0 amide bonds. The number of hydrogen-bond donors (Lipinski definition) is 4. The molecular formula is C41H33Cl3F5N7O9S3. The van der Waals surface area contributed by atoms with Crippen LogP contribution in [0.15, 0.2) is 137 Å². The van der Waals surface area contributed by atoms with Gasteiger partial charge in [-0.3, -0.25) is 10.6 Å². The molecule has 2 aromatic heterocycles. The van der Waals surface area contributed by atoms with E-state index >= 15 is 0 Å². The van der Waals surface area contributed by atoms with E-state index in [9.17, 15) is 56.8 Å². The zero-order valence-electron chi connectivity index (χ0n) is 34.6. The molecule has 68 heavy (non-hydrogen) atoms. The summed E-state index contributed by atoms with van der Waals surface area (Å²) in [5.74, 6) is -2.05. The van der Waals surface area contributed by atoms with Gasteiger partial charge in [0.15, 0.2) is 17.4 Å². The Morgan fingerprint density at radius 3 is 1.37 bits per heavy atom. The second-order valence-electron chi connectivity index (χ2n) is 13.4. The number of carboxylic acids is 1. The molecule has 2 heterocycles. The fraction of sp³-hybridized carbons (Fsp3) is 0.0732. The number of nitrogens with one attached hydrogen (secondary N) is 2. The molecule has 0 aliphatic heterocycles. The molecule has 0 saturated heterocycles. The number of nitrogens with two attached hydrogens (primary N) is 1. The van der Waals surface area contributed by atoms with Crippen molar-refractivity contribution in [3.05, 3.63) is 172 Å². The molecule has 360 valence electrons. The number of carboxylic acid groups (broad SMARTS) is 1. The normalized spacial score (nSPS) is 11.3. The molecule has 0 bridgehead atoms. The lowest BCUT2D eigenvalue weighted by Gasteiger charge is -2.09. The first-order chi connectivity index (χ1) is 31.8. The van der Waals surface area contributed by atoms with Crippen molar-refractivity contribution in [2.75, 3.05) is 6.54 Å². The third kappa shape index (κ3) is 14.5. The van der Waals surface area contributed by atoms with Crippen LogP contribution in [0.1, 0.15) is 20.7 Å². The number of benzene rings is 5. The third-order valence-corrected chi connectivity index (χ3v) is 13.1. The molecule has 7 aromatic rings. The average Bonchev–Trinajstić information content (AvgIpc) is 3.93. The van der Waals surface area contributed by atoms with Crippen LogP contribution in [0.3, 0.4) is 0 Å². The monoisotopic (exact) mass is 1060 g/mol. The smallest absolute Gasteiger partial charge is 0.338 e. The summed E-state index contributed by atoms with van der Waals surface area (Å²) in [5, 5.41) is 8.31. The van der Waals surface area contributed by atoms with Gasteiger partial charge >= 0.3 is 5.97 Å². The Hall–Kier alpha value is -6.09. The summed E-state index contributed by atoms with van der Waals surface area (Å²) < 4.78 is 140. The lowest BCUT2D eigenvalue weighted by Crippen LogP contribution is -2.30. The van der Waals surface area contributed by atoms with Crippen LogP contribution in [0.5, 0.6) is 0 Å². The number of imidazole rings is 2. The number of aryl methyl sites for hydroxylation is 2. The van der Waals surface area contributed by atoms with Gasteiger partial charge in [0.1, 0.15) is 32.1 Å². The van der Waals surface area contributed by atoms with E-state index in [1.54, 1.807) is 42.0 Å². The summed E-state index contributed by atoms with van der Waals surface area (Å²) >= 11 is 11.5. The highest BCUT2D eigenvalue weighted by Gasteiger charge is 2.23.